The predicted molar refractivity (Wildman–Crippen MR) is 112 cm³/mol. The molecule has 1 aliphatic rings. The van der Waals surface area contributed by atoms with Crippen LogP contribution in [-0.4, -0.2) is 33.9 Å². The Balaban J connectivity index is 1.58. The molecule has 1 saturated carbocycles. The van der Waals surface area contributed by atoms with Gasteiger partial charge in [0, 0.05) is 28.6 Å². The Hall–Kier alpha value is -1.69. The van der Waals surface area contributed by atoms with Crippen molar-refractivity contribution in [2.75, 3.05) is 10.6 Å². The van der Waals surface area contributed by atoms with Crippen LogP contribution in [0.5, 0.6) is 0 Å². The maximum atomic E-state index is 13.9. The van der Waals surface area contributed by atoms with Gasteiger partial charge in [0.2, 0.25) is 0 Å². The Morgan fingerprint density at radius 2 is 2.18 bits per heavy atom. The lowest BCUT2D eigenvalue weighted by molar-refractivity contribution is -0.0554. The summed E-state index contributed by atoms with van der Waals surface area (Å²) < 4.78 is 28.6. The monoisotopic (exact) mass is 487 g/mol. The number of hydrogen-bond donors (Lipinski definition) is 3. The van der Waals surface area contributed by atoms with E-state index in [4.69, 9.17) is 5.73 Å². The molecule has 148 valence electrons. The number of hydrogen-bond acceptors (Lipinski definition) is 7. The van der Waals surface area contributed by atoms with Crippen molar-refractivity contribution in [2.45, 2.75) is 37.3 Å². The summed E-state index contributed by atoms with van der Waals surface area (Å²) in [5, 5.41) is 11.2. The molecule has 3 heterocycles. The summed E-state index contributed by atoms with van der Waals surface area (Å²) in [4.78, 5) is 22.0. The van der Waals surface area contributed by atoms with Crippen molar-refractivity contribution < 1.29 is 13.6 Å². The van der Waals surface area contributed by atoms with Crippen molar-refractivity contribution in [2.24, 2.45) is 5.73 Å². The number of rotatable bonds is 4. The third-order valence-corrected chi connectivity index (χ3v) is 7.25. The average Bonchev–Trinajstić information content (AvgIpc) is 3.25. The zero-order valence-corrected chi connectivity index (χ0v) is 17.6. The van der Waals surface area contributed by atoms with Crippen LogP contribution in [-0.2, 0) is 0 Å². The number of nitrogens with two attached hydrogens (primary N) is 1. The number of amides is 1. The largest absolute Gasteiger partial charge is 0.364 e. The summed E-state index contributed by atoms with van der Waals surface area (Å²) in [6.45, 7) is 0. The Morgan fingerprint density at radius 1 is 1.36 bits per heavy atom. The lowest BCUT2D eigenvalue weighted by Crippen LogP contribution is -2.55. The van der Waals surface area contributed by atoms with Gasteiger partial charge in [-0.1, -0.05) is 0 Å². The average molecular weight is 488 g/mol. The maximum Gasteiger partial charge on any atom is 0.264 e. The first kappa shape index (κ1) is 19.6. The molecule has 0 bridgehead atoms. The number of carbonyl (C=O) groups is 1. The van der Waals surface area contributed by atoms with Crippen molar-refractivity contribution >= 4 is 66.4 Å². The van der Waals surface area contributed by atoms with E-state index in [1.807, 2.05) is 10.8 Å². The van der Waals surface area contributed by atoms with Crippen molar-refractivity contribution in [3.63, 3.8) is 0 Å². The van der Waals surface area contributed by atoms with E-state index in [2.05, 4.69) is 36.5 Å². The van der Waals surface area contributed by atoms with Gasteiger partial charge in [-0.2, -0.15) is 0 Å². The highest BCUT2D eigenvalue weighted by molar-refractivity contribution is 9.10. The second kappa shape index (κ2) is 7.62. The van der Waals surface area contributed by atoms with Crippen LogP contribution in [0.4, 0.5) is 20.3 Å². The lowest BCUT2D eigenvalue weighted by atomic mass is 9.87. The number of aromatic nitrogens is 2. The number of nitrogens with zero attached hydrogens (tertiary/aromatic N) is 2. The van der Waals surface area contributed by atoms with E-state index < -0.39 is 18.0 Å². The molecule has 0 spiro atoms. The highest BCUT2D eigenvalue weighted by atomic mass is 79.9. The van der Waals surface area contributed by atoms with E-state index in [-0.39, 0.29) is 12.3 Å². The Bertz CT molecular complexity index is 1020. The molecule has 3 aromatic heterocycles. The molecule has 1 aliphatic carbocycles. The molecular formula is C17H16BrF2N5OS2. The standard InChI is InChI=1S/C17H16BrF2N5OS2/c18-9-6-27-7-11(9)24-15(26)8-5-28-16-13(8)25-12(4-22-16)23-10-2-1-3-17(19,20)14(10)21/h4-7,10,14H,1-3,21H2,(H,23,25)(H,24,26)/t10-,14-/m1/s1. The van der Waals surface area contributed by atoms with Crippen LogP contribution in [0, 0.1) is 0 Å². The number of alkyl halides is 2. The SMILES string of the molecule is N[C@@H]1[C@H](Nc2cnc3scc(C(=O)Nc4cscc4Br)c3n2)CCCC1(F)F. The van der Waals surface area contributed by atoms with Gasteiger partial charge in [-0.15, -0.1) is 22.7 Å². The van der Waals surface area contributed by atoms with Crippen LogP contribution in [0.1, 0.15) is 29.6 Å². The highest BCUT2D eigenvalue weighted by Gasteiger charge is 2.44. The van der Waals surface area contributed by atoms with Gasteiger partial charge >= 0.3 is 0 Å². The lowest BCUT2D eigenvalue weighted by Gasteiger charge is -2.36. The maximum absolute atomic E-state index is 13.9. The van der Waals surface area contributed by atoms with Gasteiger partial charge in [0.15, 0.2) is 0 Å². The third-order valence-electron chi connectivity index (χ3n) is 4.67. The Labute approximate surface area is 175 Å². The number of carbonyl (C=O) groups excluding carboxylic acids is 1. The van der Waals surface area contributed by atoms with Crippen molar-refractivity contribution in [3.05, 3.63) is 32.4 Å². The Morgan fingerprint density at radius 3 is 2.93 bits per heavy atom. The molecule has 1 fully saturated rings. The minimum absolute atomic E-state index is 0.204. The van der Waals surface area contributed by atoms with E-state index >= 15 is 0 Å². The van der Waals surface area contributed by atoms with Gasteiger partial charge < -0.3 is 16.4 Å². The first-order valence-electron chi connectivity index (χ1n) is 8.52. The Kier molecular flexibility index (Phi) is 5.34. The van der Waals surface area contributed by atoms with Gasteiger partial charge in [-0.3, -0.25) is 4.79 Å². The second-order valence-corrected chi connectivity index (χ2v) is 9.03. The molecule has 4 rings (SSSR count). The summed E-state index contributed by atoms with van der Waals surface area (Å²) in [7, 11) is 0. The van der Waals surface area contributed by atoms with Crippen molar-refractivity contribution in [1.29, 1.82) is 0 Å². The van der Waals surface area contributed by atoms with Gasteiger partial charge in [0.05, 0.1) is 28.0 Å². The van der Waals surface area contributed by atoms with Gasteiger partial charge in [0.25, 0.3) is 11.8 Å². The number of nitrogens with one attached hydrogen (secondary N) is 2. The minimum atomic E-state index is -2.91. The van der Waals surface area contributed by atoms with Gasteiger partial charge in [-0.05, 0) is 28.8 Å². The molecule has 0 saturated heterocycles. The van der Waals surface area contributed by atoms with Crippen LogP contribution in [0.3, 0.4) is 0 Å². The molecule has 0 radical (unpaired) electrons. The van der Waals surface area contributed by atoms with Crippen LogP contribution in [0.15, 0.2) is 26.8 Å². The zero-order valence-electron chi connectivity index (χ0n) is 14.4. The topological polar surface area (TPSA) is 92.9 Å². The fourth-order valence-corrected chi connectivity index (χ4v) is 5.31. The van der Waals surface area contributed by atoms with Crippen LogP contribution in [0.2, 0.25) is 0 Å². The molecule has 28 heavy (non-hydrogen) atoms. The molecule has 4 N–H and O–H groups in total. The number of thiophene rings is 2. The van der Waals surface area contributed by atoms with E-state index in [1.54, 1.807) is 5.38 Å². The summed E-state index contributed by atoms with van der Waals surface area (Å²) in [5.41, 5.74) is 7.22. The second-order valence-electron chi connectivity index (χ2n) is 6.58. The van der Waals surface area contributed by atoms with Crippen LogP contribution >= 0.6 is 38.6 Å². The van der Waals surface area contributed by atoms with E-state index in [0.717, 1.165) is 4.47 Å². The number of anilines is 2. The van der Waals surface area contributed by atoms with E-state index in [1.165, 1.54) is 28.9 Å². The zero-order chi connectivity index (χ0) is 19.9. The normalized spacial score (nSPS) is 21.6. The molecule has 2 atom stereocenters. The third kappa shape index (κ3) is 3.76. The molecule has 6 nitrogen and oxygen atoms in total. The predicted octanol–water partition coefficient (Wildman–Crippen LogP) is 4.69. The van der Waals surface area contributed by atoms with Crippen molar-refractivity contribution in [1.82, 2.24) is 9.97 Å². The molecule has 0 aliphatic heterocycles. The van der Waals surface area contributed by atoms with Gasteiger partial charge in [0.1, 0.15) is 16.2 Å². The van der Waals surface area contributed by atoms with Crippen molar-refractivity contribution in [3.8, 4) is 0 Å². The van der Waals surface area contributed by atoms with Gasteiger partial charge in [-0.25, -0.2) is 18.7 Å². The van der Waals surface area contributed by atoms with Crippen LogP contribution in [0.25, 0.3) is 10.3 Å². The molecule has 0 unspecified atom stereocenters. The molecule has 1 amide bonds. The molecule has 0 aromatic carbocycles. The fraction of sp³-hybridized carbons (Fsp3) is 0.353. The first-order valence-corrected chi connectivity index (χ1v) is 11.1. The fourth-order valence-electron chi connectivity index (χ4n) is 3.15. The van der Waals surface area contributed by atoms with E-state index in [9.17, 15) is 13.6 Å². The smallest absolute Gasteiger partial charge is 0.264 e. The summed E-state index contributed by atoms with van der Waals surface area (Å²) >= 11 is 6.14. The van der Waals surface area contributed by atoms with Crippen LogP contribution < -0.4 is 16.4 Å². The molecule has 11 heteroatoms. The highest BCUT2D eigenvalue weighted by Crippen LogP contribution is 2.34. The molecule has 3 aromatic rings. The number of fused-ring (bicyclic) bond motifs is 1. The first-order chi connectivity index (χ1) is 13.3. The van der Waals surface area contributed by atoms with E-state index in [0.29, 0.717) is 40.3 Å². The molecular weight excluding hydrogens is 472 g/mol. The minimum Gasteiger partial charge on any atom is -0.364 e. The summed E-state index contributed by atoms with van der Waals surface area (Å²) in [6, 6.07) is -1.90. The number of halogens is 3. The summed E-state index contributed by atoms with van der Waals surface area (Å²) in [6.07, 6.45) is 2.19. The quantitative estimate of drug-likeness (QED) is 0.496. The summed E-state index contributed by atoms with van der Waals surface area (Å²) in [5.74, 6) is -2.89.